The van der Waals surface area contributed by atoms with E-state index in [1.807, 2.05) is 37.2 Å². The number of ketones is 4. The SMILES string of the molecule is CN(C)c1cc(CN2CC=CC2)c(O)c2c1C[C@@H]1C[C@@H]3[C@@H](N(C)C)C(=O)C(C(N)=O)C(=O)[C@]3(O)C(=O)C1C2=O. The van der Waals surface area contributed by atoms with E-state index in [0.717, 1.165) is 5.69 Å². The molecule has 1 aromatic carbocycles. The third kappa shape index (κ3) is 3.86. The van der Waals surface area contributed by atoms with Gasteiger partial charge in [-0.3, -0.25) is 33.8 Å². The molecular weight excluding hydrogens is 504 g/mol. The van der Waals surface area contributed by atoms with Crippen molar-refractivity contribution in [3.05, 3.63) is 34.9 Å². The molecule has 0 saturated heterocycles. The first-order chi connectivity index (χ1) is 18.3. The normalized spacial score (nSPS) is 32.3. The van der Waals surface area contributed by atoms with Gasteiger partial charge in [0.15, 0.2) is 34.7 Å². The van der Waals surface area contributed by atoms with Crippen LogP contribution in [0.1, 0.15) is 27.9 Å². The van der Waals surface area contributed by atoms with Crippen molar-refractivity contribution in [2.75, 3.05) is 46.2 Å². The highest BCUT2D eigenvalue weighted by atomic mass is 16.3. The Bertz CT molecular complexity index is 1330. The summed E-state index contributed by atoms with van der Waals surface area (Å²) in [5.74, 6) is -10.3. The van der Waals surface area contributed by atoms with Gasteiger partial charge in [0, 0.05) is 50.9 Å². The van der Waals surface area contributed by atoms with Gasteiger partial charge in [-0.25, -0.2) is 0 Å². The largest absolute Gasteiger partial charge is 0.507 e. The number of nitrogens with zero attached hydrogens (tertiary/aromatic N) is 3. The molecule has 0 spiro atoms. The molecule has 2 unspecified atom stereocenters. The topological polar surface area (TPSA) is 162 Å². The van der Waals surface area contributed by atoms with Crippen molar-refractivity contribution in [2.45, 2.75) is 31.0 Å². The lowest BCUT2D eigenvalue weighted by atomic mass is 9.52. The molecule has 1 aliphatic heterocycles. The summed E-state index contributed by atoms with van der Waals surface area (Å²) < 4.78 is 0. The zero-order valence-corrected chi connectivity index (χ0v) is 22.5. The number of carbonyl (C=O) groups is 5. The second kappa shape index (κ2) is 9.35. The van der Waals surface area contributed by atoms with Gasteiger partial charge in [-0.05, 0) is 44.5 Å². The van der Waals surface area contributed by atoms with Crippen molar-refractivity contribution in [2.24, 2.45) is 29.4 Å². The van der Waals surface area contributed by atoms with Crippen LogP contribution in [0.4, 0.5) is 5.69 Å². The van der Waals surface area contributed by atoms with Crippen LogP contribution in [0.2, 0.25) is 0 Å². The Hall–Kier alpha value is -3.41. The first kappa shape index (κ1) is 27.2. The van der Waals surface area contributed by atoms with E-state index in [4.69, 9.17) is 5.73 Å². The minimum atomic E-state index is -2.73. The maximum atomic E-state index is 14.0. The maximum absolute atomic E-state index is 14.0. The third-order valence-electron chi connectivity index (χ3n) is 8.89. The van der Waals surface area contributed by atoms with Gasteiger partial charge in [-0.15, -0.1) is 0 Å². The summed E-state index contributed by atoms with van der Waals surface area (Å²) in [6.45, 7) is 1.79. The molecule has 2 saturated carbocycles. The smallest absolute Gasteiger partial charge is 0.235 e. The molecule has 4 N–H and O–H groups in total. The van der Waals surface area contributed by atoms with Gasteiger partial charge in [0.2, 0.25) is 5.91 Å². The van der Waals surface area contributed by atoms with Gasteiger partial charge in [0.05, 0.1) is 17.5 Å². The van der Waals surface area contributed by atoms with E-state index in [1.165, 1.54) is 4.90 Å². The number of fused-ring (bicyclic) bond motifs is 3. The molecule has 0 radical (unpaired) electrons. The van der Waals surface area contributed by atoms with Gasteiger partial charge >= 0.3 is 0 Å². The van der Waals surface area contributed by atoms with Gasteiger partial charge in [0.1, 0.15) is 5.75 Å². The van der Waals surface area contributed by atoms with Crippen molar-refractivity contribution in [1.29, 1.82) is 0 Å². The predicted octanol–water partition coefficient (Wildman–Crippen LogP) is -0.695. The van der Waals surface area contributed by atoms with E-state index in [1.54, 1.807) is 14.1 Å². The number of rotatable bonds is 5. The van der Waals surface area contributed by atoms with Crippen LogP contribution < -0.4 is 10.6 Å². The van der Waals surface area contributed by atoms with Gasteiger partial charge in [-0.2, -0.15) is 0 Å². The van der Waals surface area contributed by atoms with Crippen molar-refractivity contribution in [1.82, 2.24) is 9.80 Å². The van der Waals surface area contributed by atoms with Crippen molar-refractivity contribution in [3.63, 3.8) is 0 Å². The van der Waals surface area contributed by atoms with E-state index in [0.29, 0.717) is 30.8 Å². The molecule has 11 heteroatoms. The van der Waals surface area contributed by atoms with E-state index in [9.17, 15) is 34.2 Å². The number of nitrogens with two attached hydrogens (primary N) is 1. The minimum absolute atomic E-state index is 0.0231. The highest BCUT2D eigenvalue weighted by molar-refractivity contribution is 6.32. The number of phenolic OH excluding ortho intramolecular Hbond substituents is 1. The Morgan fingerprint density at radius 2 is 1.74 bits per heavy atom. The highest BCUT2D eigenvalue weighted by Gasteiger charge is 2.69. The molecule has 208 valence electrons. The van der Waals surface area contributed by atoms with Gasteiger partial charge < -0.3 is 20.8 Å². The Kier molecular flexibility index (Phi) is 6.52. The Labute approximate surface area is 226 Å². The summed E-state index contributed by atoms with van der Waals surface area (Å²) in [7, 11) is 6.79. The Morgan fingerprint density at radius 3 is 2.31 bits per heavy atom. The number of aliphatic hydroxyl groups is 1. The van der Waals surface area contributed by atoms with Gasteiger partial charge in [-0.1, -0.05) is 12.2 Å². The molecule has 39 heavy (non-hydrogen) atoms. The third-order valence-corrected chi connectivity index (χ3v) is 8.89. The lowest BCUT2D eigenvalue weighted by Gasteiger charge is -2.52. The van der Waals surface area contributed by atoms with Crippen LogP contribution in [-0.4, -0.2) is 102 Å². The number of carbonyl (C=O) groups excluding carboxylic acids is 5. The van der Waals surface area contributed by atoms with Crippen molar-refractivity contribution < 1.29 is 34.2 Å². The monoisotopic (exact) mass is 538 g/mol. The first-order valence-corrected chi connectivity index (χ1v) is 13.1. The fourth-order valence-corrected chi connectivity index (χ4v) is 7.12. The number of primary amides is 1. The lowest BCUT2D eigenvalue weighted by Crippen LogP contribution is -2.74. The molecule has 6 atom stereocenters. The van der Waals surface area contributed by atoms with Crippen LogP contribution in [0.5, 0.6) is 5.75 Å². The molecule has 0 aromatic heterocycles. The summed E-state index contributed by atoms with van der Waals surface area (Å²) in [6.07, 6.45) is 4.29. The Morgan fingerprint density at radius 1 is 1.10 bits per heavy atom. The van der Waals surface area contributed by atoms with Crippen LogP contribution in [0, 0.1) is 23.7 Å². The number of anilines is 1. The number of Topliss-reactive ketones (excluding diaryl/α,β-unsaturated/α-hetero) is 4. The summed E-state index contributed by atoms with van der Waals surface area (Å²) >= 11 is 0. The molecule has 5 rings (SSSR count). The molecule has 0 bridgehead atoms. The first-order valence-electron chi connectivity index (χ1n) is 13.1. The summed E-state index contributed by atoms with van der Waals surface area (Å²) in [6, 6.07) is 0.735. The van der Waals surface area contributed by atoms with Crippen LogP contribution in [0.3, 0.4) is 0 Å². The molecule has 11 nitrogen and oxygen atoms in total. The summed E-state index contributed by atoms with van der Waals surface area (Å²) in [4.78, 5) is 72.2. The van der Waals surface area contributed by atoms with E-state index in [2.05, 4.69) is 4.90 Å². The number of aromatic hydroxyl groups is 1. The number of hydrogen-bond donors (Lipinski definition) is 3. The molecule has 1 amide bonds. The summed E-state index contributed by atoms with van der Waals surface area (Å²) in [5, 5.41) is 23.0. The fraction of sp³-hybridized carbons (Fsp3) is 0.536. The average Bonchev–Trinajstić information content (AvgIpc) is 3.35. The fourth-order valence-electron chi connectivity index (χ4n) is 7.12. The van der Waals surface area contributed by atoms with Gasteiger partial charge in [0.25, 0.3) is 0 Å². The van der Waals surface area contributed by atoms with E-state index in [-0.39, 0.29) is 24.2 Å². The molecule has 2 fully saturated rings. The number of hydrogen-bond acceptors (Lipinski definition) is 10. The summed E-state index contributed by atoms with van der Waals surface area (Å²) in [5.41, 5.74) is 4.53. The van der Waals surface area contributed by atoms with E-state index < -0.39 is 64.4 Å². The zero-order valence-electron chi connectivity index (χ0n) is 22.5. The minimum Gasteiger partial charge on any atom is -0.507 e. The second-order valence-corrected chi connectivity index (χ2v) is 11.6. The van der Waals surface area contributed by atoms with E-state index >= 15 is 0 Å². The quantitative estimate of drug-likeness (QED) is 0.323. The van der Waals surface area contributed by atoms with Crippen LogP contribution in [0.25, 0.3) is 0 Å². The lowest BCUT2D eigenvalue weighted by molar-refractivity contribution is -0.181. The predicted molar refractivity (Wildman–Crippen MR) is 140 cm³/mol. The van der Waals surface area contributed by atoms with Crippen LogP contribution in [-0.2, 0) is 32.1 Å². The second-order valence-electron chi connectivity index (χ2n) is 11.6. The molecule has 3 aliphatic carbocycles. The standard InChI is InChI=1S/C28H34N4O7/c1-30(2)17-11-14(12-32-7-5-6-8-32)22(33)19-15(17)9-13-10-16-21(31(3)4)24(35)20(27(29)38)26(37)28(16,39)25(36)18(13)23(19)34/h5-6,11,13,16,18,20-21,33,39H,7-10,12H2,1-4H3,(H2,29,38)/t13-,16-,18?,20?,21-,28-/m1/s1. The molecule has 1 aromatic rings. The van der Waals surface area contributed by atoms with Crippen LogP contribution >= 0.6 is 0 Å². The average molecular weight is 539 g/mol. The number of phenols is 1. The number of likely N-dealkylation sites (N-methyl/N-ethyl adjacent to an activating group) is 1. The number of benzene rings is 1. The zero-order chi connectivity index (χ0) is 28.5. The van der Waals surface area contributed by atoms with Crippen LogP contribution in [0.15, 0.2) is 18.2 Å². The maximum Gasteiger partial charge on any atom is 0.235 e. The molecular formula is C28H34N4O7. The Balaban J connectivity index is 1.63. The number of amides is 1. The van der Waals surface area contributed by atoms with Crippen molar-refractivity contribution in [3.8, 4) is 5.75 Å². The molecule has 1 heterocycles. The highest BCUT2D eigenvalue weighted by Crippen LogP contribution is 2.52. The van der Waals surface area contributed by atoms with Crippen molar-refractivity contribution >= 4 is 34.7 Å². The molecule has 4 aliphatic rings.